The van der Waals surface area contributed by atoms with E-state index in [0.717, 1.165) is 0 Å². The topological polar surface area (TPSA) is 23.1 Å². The van der Waals surface area contributed by atoms with Gasteiger partial charge in [-0.05, 0) is 6.26 Å². The van der Waals surface area contributed by atoms with Crippen molar-refractivity contribution in [2.75, 3.05) is 18.8 Å². The molecule has 0 bridgehead atoms. The summed E-state index contributed by atoms with van der Waals surface area (Å²) < 4.78 is 9.56. The minimum Gasteiger partial charge on any atom is -0.617 e. The van der Waals surface area contributed by atoms with E-state index in [1.807, 2.05) is 0 Å². The first kappa shape index (κ1) is 15.9. The zero-order chi connectivity index (χ0) is 5.58. The van der Waals surface area contributed by atoms with Crippen molar-refractivity contribution in [3.8, 4) is 0 Å². The van der Waals surface area contributed by atoms with Crippen LogP contribution >= 0.6 is 12.6 Å². The normalized spacial score (nSPS) is 6.00. The summed E-state index contributed by atoms with van der Waals surface area (Å²) in [6.45, 7) is 0. The van der Waals surface area contributed by atoms with Gasteiger partial charge in [0.15, 0.2) is 0 Å². The van der Waals surface area contributed by atoms with Crippen molar-refractivity contribution < 1.29 is 4.55 Å². The zero-order valence-electron chi connectivity index (χ0n) is 5.26. The van der Waals surface area contributed by atoms with E-state index >= 15 is 0 Å². The van der Waals surface area contributed by atoms with Crippen molar-refractivity contribution in [2.45, 2.75) is 0 Å². The molecule has 0 aromatic carbocycles. The van der Waals surface area contributed by atoms with Gasteiger partial charge in [0.05, 0.1) is 12.5 Å². The molecule has 41 valence electrons. The molecule has 0 aliphatic carbocycles. The Morgan fingerprint density at radius 3 is 1.29 bits per heavy atom. The van der Waals surface area contributed by atoms with Crippen LogP contribution in [0.15, 0.2) is 0 Å². The monoisotopic (exact) mass is 149 g/mol. The van der Waals surface area contributed by atoms with E-state index in [0.29, 0.717) is 0 Å². The molecule has 0 unspecified atom stereocenters. The third-order valence-corrected chi connectivity index (χ3v) is 0. The smallest absolute Gasteiger partial charge is 0.0946 e. The second kappa shape index (κ2) is 15.6. The Labute approximate surface area is 76.1 Å². The van der Waals surface area contributed by atoms with E-state index in [4.69, 9.17) is 0 Å². The van der Waals surface area contributed by atoms with Gasteiger partial charge in [0.25, 0.3) is 0 Å². The van der Waals surface area contributed by atoms with Crippen LogP contribution in [0.1, 0.15) is 0 Å². The van der Waals surface area contributed by atoms with E-state index in [9.17, 15) is 4.55 Å². The van der Waals surface area contributed by atoms with Crippen LogP contribution in [0.4, 0.5) is 0 Å². The fraction of sp³-hybridized carbons (Fsp3) is 1.00. The first-order valence-electron chi connectivity index (χ1n) is 1.43. The van der Waals surface area contributed by atoms with Gasteiger partial charge in [0.1, 0.15) is 0 Å². The molecule has 0 amide bonds. The van der Waals surface area contributed by atoms with Crippen LogP contribution in [0, 0.1) is 0 Å². The molecule has 0 N–H and O–H groups in total. The number of hydrogen-bond donors (Lipinski definition) is 1. The fourth-order valence-electron chi connectivity index (χ4n) is 0. The van der Waals surface area contributed by atoms with Gasteiger partial charge in [-0.25, -0.2) is 0 Å². The molecule has 0 aromatic rings. The van der Waals surface area contributed by atoms with E-state index < -0.39 is 11.2 Å². The van der Waals surface area contributed by atoms with Gasteiger partial charge < -0.3 is 4.55 Å². The summed E-state index contributed by atoms with van der Waals surface area (Å²) in [4.78, 5) is 0. The van der Waals surface area contributed by atoms with Crippen molar-refractivity contribution in [1.29, 1.82) is 0 Å². The molecule has 0 aromatic heterocycles. The van der Waals surface area contributed by atoms with Crippen molar-refractivity contribution >= 4 is 53.4 Å². The van der Waals surface area contributed by atoms with E-state index in [1.54, 1.807) is 18.8 Å². The van der Waals surface area contributed by atoms with Gasteiger partial charge in [-0.2, -0.15) is 12.6 Å². The molecule has 1 radical (unpaired) electrons. The second-order valence-electron chi connectivity index (χ2n) is 0.742. The molecule has 0 atom stereocenters. The molecule has 1 nitrogen and oxygen atoms in total. The maximum atomic E-state index is 9.56. The van der Waals surface area contributed by atoms with Crippen molar-refractivity contribution in [1.82, 2.24) is 0 Å². The van der Waals surface area contributed by atoms with Gasteiger partial charge in [-0.15, -0.1) is 0 Å². The average molecular weight is 149 g/mol. The van der Waals surface area contributed by atoms with Crippen LogP contribution < -0.4 is 0 Å². The summed E-state index contributed by atoms with van der Waals surface area (Å²) in [7, 11) is 0. The number of thiol groups is 1. The molecular formula is C3H10NaOS2. The summed E-state index contributed by atoms with van der Waals surface area (Å²) in [6.07, 6.45) is 4.97. The van der Waals surface area contributed by atoms with Crippen LogP contribution in [0.25, 0.3) is 0 Å². The standard InChI is InChI=1S/C2H6OS.CH4S.Na/c1-4(2)3;1-2;/h1-2H3;2H,1H3;. The van der Waals surface area contributed by atoms with Crippen LogP contribution in [-0.4, -0.2) is 52.9 Å². The van der Waals surface area contributed by atoms with E-state index in [2.05, 4.69) is 12.6 Å². The predicted molar refractivity (Wildman–Crippen MR) is 40.7 cm³/mol. The van der Waals surface area contributed by atoms with E-state index in [-0.39, 0.29) is 29.6 Å². The summed E-state index contributed by atoms with van der Waals surface area (Å²) in [6, 6.07) is 0. The molecule has 0 aliphatic heterocycles. The molecule has 0 saturated heterocycles. The summed E-state index contributed by atoms with van der Waals surface area (Å²) in [5.74, 6) is 0. The quantitative estimate of drug-likeness (QED) is 0.296. The first-order chi connectivity index (χ1) is 2.73. The number of rotatable bonds is 0. The molecule has 0 fully saturated rings. The molecule has 0 heterocycles. The van der Waals surface area contributed by atoms with Gasteiger partial charge in [-0.1, -0.05) is 11.2 Å². The van der Waals surface area contributed by atoms with Gasteiger partial charge in [0, 0.05) is 29.6 Å². The molecule has 4 heteroatoms. The largest absolute Gasteiger partial charge is 0.617 e. The van der Waals surface area contributed by atoms with Gasteiger partial charge in [0.2, 0.25) is 0 Å². The molecule has 0 rings (SSSR count). The van der Waals surface area contributed by atoms with Crippen molar-refractivity contribution in [2.24, 2.45) is 0 Å². The molecule has 0 spiro atoms. The Hall–Kier alpha value is 1.66. The number of hydrogen-bond acceptors (Lipinski definition) is 2. The Morgan fingerprint density at radius 2 is 1.29 bits per heavy atom. The molecule has 7 heavy (non-hydrogen) atoms. The van der Waals surface area contributed by atoms with Gasteiger partial charge in [-0.3, -0.25) is 0 Å². The fourth-order valence-corrected chi connectivity index (χ4v) is 0. The Bertz CT molecular complexity index is 17.7. The predicted octanol–water partition coefficient (Wildman–Crippen LogP) is 0.160. The minimum atomic E-state index is -0.611. The van der Waals surface area contributed by atoms with Crippen molar-refractivity contribution in [3.63, 3.8) is 0 Å². The summed E-state index contributed by atoms with van der Waals surface area (Å²) in [5.41, 5.74) is 0. The van der Waals surface area contributed by atoms with Crippen molar-refractivity contribution in [3.05, 3.63) is 0 Å². The van der Waals surface area contributed by atoms with E-state index in [1.165, 1.54) is 0 Å². The molecule has 0 aliphatic rings. The summed E-state index contributed by atoms with van der Waals surface area (Å²) in [5, 5.41) is 0. The van der Waals surface area contributed by atoms with Gasteiger partial charge >= 0.3 is 0 Å². The third kappa shape index (κ3) is 89.1. The molecule has 0 saturated carbocycles. The third-order valence-electron chi connectivity index (χ3n) is 0. The van der Waals surface area contributed by atoms with Crippen LogP contribution in [0.2, 0.25) is 0 Å². The minimum absolute atomic E-state index is 0. The van der Waals surface area contributed by atoms with Crippen LogP contribution in [0.3, 0.4) is 0 Å². The average Bonchev–Trinajstić information content (AvgIpc) is 1.41. The first-order valence-corrected chi connectivity index (χ1v) is 4.29. The maximum Gasteiger partial charge on any atom is 0.0946 e. The maximum absolute atomic E-state index is 9.56. The SMILES string of the molecule is CS.C[S+](C)[O-].[Na]. The Balaban J connectivity index is -0.0000000480. The van der Waals surface area contributed by atoms with Crippen LogP contribution in [-0.2, 0) is 11.2 Å². The van der Waals surface area contributed by atoms with Crippen LogP contribution in [0.5, 0.6) is 0 Å². The molecular weight excluding hydrogens is 139 g/mol. The Kier molecular flexibility index (Phi) is 35.5. The second-order valence-corrected chi connectivity index (χ2v) is 2.22. The summed E-state index contributed by atoms with van der Waals surface area (Å²) >= 11 is 2.92. The Morgan fingerprint density at radius 1 is 1.29 bits per heavy atom. The zero-order valence-corrected chi connectivity index (χ0v) is 8.97.